The van der Waals surface area contributed by atoms with Crippen LogP contribution in [0.4, 0.5) is 11.4 Å². The minimum Gasteiger partial charge on any atom is -0.322 e. The Kier molecular flexibility index (Phi) is 6.06. The average molecular weight is 383 g/mol. The number of carbonyl (C=O) groups excluding carboxylic acids is 2. The monoisotopic (exact) mass is 383 g/mol. The predicted octanol–water partition coefficient (Wildman–Crippen LogP) is 4.93. The highest BCUT2D eigenvalue weighted by Crippen LogP contribution is 2.22. The van der Waals surface area contributed by atoms with Crippen molar-refractivity contribution in [3.8, 4) is 6.07 Å². The Morgan fingerprint density at radius 3 is 2.00 bits per heavy atom. The summed E-state index contributed by atoms with van der Waals surface area (Å²) in [6.45, 7) is 4.01. The van der Waals surface area contributed by atoms with Gasteiger partial charge in [-0.3, -0.25) is 9.59 Å². The number of nitrogens with zero attached hydrogens (tertiary/aromatic N) is 1. The topological polar surface area (TPSA) is 82.0 Å². The first kappa shape index (κ1) is 19.8. The molecule has 5 heteroatoms. The van der Waals surface area contributed by atoms with Crippen LogP contribution in [0.5, 0.6) is 0 Å². The standard InChI is InChI=1S/C24H21N3O2/c1-3-18-6-4-5-16(2)22(18)27-24(29)20-11-9-19(10-12-20)23(28)26-21-13-7-17(15-25)8-14-21/h4-14H,3H2,1-2H3,(H,26,28)(H,27,29). The van der Waals surface area contributed by atoms with Crippen LogP contribution in [-0.2, 0) is 6.42 Å². The van der Waals surface area contributed by atoms with Gasteiger partial charge in [0.05, 0.1) is 11.6 Å². The molecule has 0 spiro atoms. The summed E-state index contributed by atoms with van der Waals surface area (Å²) in [6.07, 6.45) is 0.825. The second kappa shape index (κ2) is 8.85. The fourth-order valence-electron chi connectivity index (χ4n) is 2.99. The van der Waals surface area contributed by atoms with Crippen molar-refractivity contribution in [3.05, 3.63) is 94.5 Å². The van der Waals surface area contributed by atoms with Gasteiger partial charge >= 0.3 is 0 Å². The third-order valence-electron chi connectivity index (χ3n) is 4.66. The molecule has 5 nitrogen and oxygen atoms in total. The molecule has 2 amide bonds. The summed E-state index contributed by atoms with van der Waals surface area (Å²) in [5, 5.41) is 14.6. The molecule has 29 heavy (non-hydrogen) atoms. The lowest BCUT2D eigenvalue weighted by Crippen LogP contribution is -2.15. The van der Waals surface area contributed by atoms with Crippen LogP contribution in [0.2, 0.25) is 0 Å². The number of nitrogens with one attached hydrogen (secondary N) is 2. The molecule has 0 aromatic heterocycles. The maximum absolute atomic E-state index is 12.6. The number of benzene rings is 3. The number of hydrogen-bond acceptors (Lipinski definition) is 3. The van der Waals surface area contributed by atoms with Crippen molar-refractivity contribution in [3.63, 3.8) is 0 Å². The van der Waals surface area contributed by atoms with E-state index in [-0.39, 0.29) is 11.8 Å². The molecule has 0 unspecified atom stereocenters. The summed E-state index contributed by atoms with van der Waals surface area (Å²) in [5.41, 5.74) is 4.97. The molecule has 2 N–H and O–H groups in total. The molecule has 3 aromatic rings. The van der Waals surface area contributed by atoms with Gasteiger partial charge in [0, 0.05) is 22.5 Å². The van der Waals surface area contributed by atoms with Crippen molar-refractivity contribution in [2.24, 2.45) is 0 Å². The molecule has 0 bridgehead atoms. The highest BCUT2D eigenvalue weighted by Gasteiger charge is 2.12. The Hall–Kier alpha value is -3.91. The zero-order valence-electron chi connectivity index (χ0n) is 16.3. The lowest BCUT2D eigenvalue weighted by molar-refractivity contribution is 0.101. The van der Waals surface area contributed by atoms with Gasteiger partial charge < -0.3 is 10.6 Å². The van der Waals surface area contributed by atoms with E-state index in [0.29, 0.717) is 22.4 Å². The normalized spacial score (nSPS) is 10.1. The van der Waals surface area contributed by atoms with Gasteiger partial charge in [0.2, 0.25) is 0 Å². The van der Waals surface area contributed by atoms with Gasteiger partial charge in [0.1, 0.15) is 0 Å². The van der Waals surface area contributed by atoms with E-state index in [1.807, 2.05) is 38.1 Å². The second-order valence-electron chi connectivity index (χ2n) is 6.64. The number of rotatable bonds is 5. The maximum atomic E-state index is 12.6. The lowest BCUT2D eigenvalue weighted by Gasteiger charge is -2.13. The van der Waals surface area contributed by atoms with Crippen molar-refractivity contribution < 1.29 is 9.59 Å². The van der Waals surface area contributed by atoms with Gasteiger partial charge in [-0.15, -0.1) is 0 Å². The zero-order valence-corrected chi connectivity index (χ0v) is 16.3. The van der Waals surface area contributed by atoms with Crippen LogP contribution < -0.4 is 10.6 Å². The molecule has 0 atom stereocenters. The van der Waals surface area contributed by atoms with Crippen LogP contribution >= 0.6 is 0 Å². The van der Waals surface area contributed by atoms with Crippen LogP contribution in [0.3, 0.4) is 0 Å². The van der Waals surface area contributed by atoms with Crippen LogP contribution in [0.25, 0.3) is 0 Å². The fourth-order valence-corrected chi connectivity index (χ4v) is 2.99. The van der Waals surface area contributed by atoms with Gasteiger partial charge in [-0.1, -0.05) is 25.1 Å². The molecule has 3 aromatic carbocycles. The Morgan fingerprint density at radius 1 is 0.862 bits per heavy atom. The van der Waals surface area contributed by atoms with Gasteiger partial charge in [0.15, 0.2) is 0 Å². The molecule has 0 aliphatic heterocycles. The Balaban J connectivity index is 1.70. The number of nitriles is 1. The van der Waals surface area contributed by atoms with Gasteiger partial charge in [0.25, 0.3) is 11.8 Å². The molecular weight excluding hydrogens is 362 g/mol. The molecular formula is C24H21N3O2. The predicted molar refractivity (Wildman–Crippen MR) is 114 cm³/mol. The second-order valence-corrected chi connectivity index (χ2v) is 6.64. The van der Waals surface area contributed by atoms with E-state index in [0.717, 1.165) is 23.2 Å². The van der Waals surface area contributed by atoms with Crippen molar-refractivity contribution in [1.29, 1.82) is 5.26 Å². The molecule has 3 rings (SSSR count). The number of hydrogen-bond donors (Lipinski definition) is 2. The number of amides is 2. The van der Waals surface area contributed by atoms with E-state index in [1.165, 1.54) is 0 Å². The summed E-state index contributed by atoms with van der Waals surface area (Å²) in [5.74, 6) is -0.498. The number of aryl methyl sites for hydroxylation is 2. The maximum Gasteiger partial charge on any atom is 0.255 e. The molecule has 0 aliphatic rings. The van der Waals surface area contributed by atoms with Crippen molar-refractivity contribution >= 4 is 23.2 Å². The molecule has 0 saturated carbocycles. The Morgan fingerprint density at radius 2 is 1.45 bits per heavy atom. The van der Waals surface area contributed by atoms with E-state index in [2.05, 4.69) is 10.6 Å². The highest BCUT2D eigenvalue weighted by atomic mass is 16.2. The molecule has 144 valence electrons. The summed E-state index contributed by atoms with van der Waals surface area (Å²) in [6, 6.07) is 21.1. The number of anilines is 2. The SMILES string of the molecule is CCc1cccc(C)c1NC(=O)c1ccc(C(=O)Nc2ccc(C#N)cc2)cc1. The van der Waals surface area contributed by atoms with Crippen molar-refractivity contribution in [2.45, 2.75) is 20.3 Å². The van der Waals surface area contributed by atoms with E-state index in [4.69, 9.17) is 5.26 Å². The smallest absolute Gasteiger partial charge is 0.255 e. The molecule has 0 saturated heterocycles. The lowest BCUT2D eigenvalue weighted by atomic mass is 10.0. The minimum atomic E-state index is -0.283. The Bertz CT molecular complexity index is 1080. The first-order valence-electron chi connectivity index (χ1n) is 9.33. The first-order chi connectivity index (χ1) is 14.0. The van der Waals surface area contributed by atoms with E-state index in [1.54, 1.807) is 48.5 Å². The fraction of sp³-hybridized carbons (Fsp3) is 0.125. The van der Waals surface area contributed by atoms with Gasteiger partial charge in [-0.05, 0) is 73.0 Å². The van der Waals surface area contributed by atoms with Crippen LogP contribution in [0.1, 0.15) is 44.3 Å². The number of carbonyl (C=O) groups is 2. The molecule has 0 aliphatic carbocycles. The summed E-state index contributed by atoms with van der Waals surface area (Å²) >= 11 is 0. The first-order valence-corrected chi connectivity index (χ1v) is 9.33. The van der Waals surface area contributed by atoms with E-state index >= 15 is 0 Å². The zero-order chi connectivity index (χ0) is 20.8. The van der Waals surface area contributed by atoms with E-state index in [9.17, 15) is 9.59 Å². The average Bonchev–Trinajstić information content (AvgIpc) is 2.75. The minimum absolute atomic E-state index is 0.215. The third kappa shape index (κ3) is 4.69. The van der Waals surface area contributed by atoms with Crippen LogP contribution in [0.15, 0.2) is 66.7 Å². The largest absolute Gasteiger partial charge is 0.322 e. The van der Waals surface area contributed by atoms with Gasteiger partial charge in [-0.2, -0.15) is 5.26 Å². The van der Waals surface area contributed by atoms with E-state index < -0.39 is 0 Å². The highest BCUT2D eigenvalue weighted by molar-refractivity contribution is 6.07. The van der Waals surface area contributed by atoms with Crippen LogP contribution in [0, 0.1) is 18.3 Å². The molecule has 0 fully saturated rings. The third-order valence-corrected chi connectivity index (χ3v) is 4.66. The molecule has 0 radical (unpaired) electrons. The Labute approximate surface area is 170 Å². The molecule has 0 heterocycles. The van der Waals surface area contributed by atoms with Gasteiger partial charge in [-0.25, -0.2) is 0 Å². The van der Waals surface area contributed by atoms with Crippen molar-refractivity contribution in [1.82, 2.24) is 0 Å². The summed E-state index contributed by atoms with van der Waals surface area (Å²) in [7, 11) is 0. The quantitative estimate of drug-likeness (QED) is 0.655. The van der Waals surface area contributed by atoms with Crippen LogP contribution in [-0.4, -0.2) is 11.8 Å². The number of para-hydroxylation sites is 1. The summed E-state index contributed by atoms with van der Waals surface area (Å²) in [4.78, 5) is 25.0. The van der Waals surface area contributed by atoms with Crippen molar-refractivity contribution in [2.75, 3.05) is 10.6 Å². The summed E-state index contributed by atoms with van der Waals surface area (Å²) < 4.78 is 0.